The number of halogens is 2. The zero-order valence-corrected chi connectivity index (χ0v) is 13.0. The highest BCUT2D eigenvalue weighted by Gasteiger charge is 2.14. The van der Waals surface area contributed by atoms with E-state index in [2.05, 4.69) is 26.2 Å². The van der Waals surface area contributed by atoms with Crippen LogP contribution in [0.25, 0.3) is 0 Å². The first-order valence-corrected chi connectivity index (χ1v) is 7.06. The molecule has 108 valence electrons. The maximum Gasteiger partial charge on any atom is 0.341 e. The van der Waals surface area contributed by atoms with Gasteiger partial charge >= 0.3 is 5.97 Å². The predicted molar refractivity (Wildman–Crippen MR) is 82.3 cm³/mol. The van der Waals surface area contributed by atoms with Crippen LogP contribution in [0.2, 0.25) is 5.15 Å². The van der Waals surface area contributed by atoms with Crippen LogP contribution in [0.4, 0.5) is 5.69 Å². The van der Waals surface area contributed by atoms with Crippen LogP contribution in [-0.2, 0) is 9.53 Å². The molecule has 0 aliphatic rings. The van der Waals surface area contributed by atoms with Gasteiger partial charge in [0.25, 0.3) is 5.91 Å². The van der Waals surface area contributed by atoms with Crippen molar-refractivity contribution in [2.45, 2.75) is 0 Å². The molecule has 0 aliphatic carbocycles. The van der Waals surface area contributed by atoms with Gasteiger partial charge in [0.05, 0.1) is 5.56 Å². The van der Waals surface area contributed by atoms with E-state index in [1.54, 1.807) is 30.3 Å². The zero-order valence-electron chi connectivity index (χ0n) is 10.7. The molecule has 0 fully saturated rings. The molecule has 1 aromatic carbocycles. The number of aromatic nitrogens is 1. The van der Waals surface area contributed by atoms with Crippen LogP contribution in [0.3, 0.4) is 0 Å². The fourth-order valence-electron chi connectivity index (χ4n) is 1.48. The van der Waals surface area contributed by atoms with Crippen LogP contribution in [0, 0.1) is 0 Å². The molecule has 2 rings (SSSR count). The largest absolute Gasteiger partial charge is 0.452 e. The third-order valence-corrected chi connectivity index (χ3v) is 3.27. The number of nitrogens with zero attached hydrogens (tertiary/aromatic N) is 1. The number of nitrogens with one attached hydrogen (secondary N) is 1. The molecule has 7 heteroatoms. The molecule has 1 heterocycles. The van der Waals surface area contributed by atoms with Crippen molar-refractivity contribution in [2.75, 3.05) is 11.9 Å². The number of anilines is 1. The van der Waals surface area contributed by atoms with E-state index >= 15 is 0 Å². The van der Waals surface area contributed by atoms with Crippen LogP contribution in [0.1, 0.15) is 10.4 Å². The zero-order chi connectivity index (χ0) is 15.2. The smallest absolute Gasteiger partial charge is 0.341 e. The highest BCUT2D eigenvalue weighted by Crippen LogP contribution is 2.15. The Morgan fingerprint density at radius 1 is 1.24 bits per heavy atom. The van der Waals surface area contributed by atoms with Gasteiger partial charge < -0.3 is 10.1 Å². The van der Waals surface area contributed by atoms with Crippen LogP contribution in [-0.4, -0.2) is 23.5 Å². The normalized spacial score (nSPS) is 10.0. The van der Waals surface area contributed by atoms with E-state index in [0.29, 0.717) is 5.69 Å². The number of carbonyl (C=O) groups excluding carboxylic acids is 2. The summed E-state index contributed by atoms with van der Waals surface area (Å²) in [6.07, 6.45) is 1.46. The maximum absolute atomic E-state index is 11.7. The Bertz CT molecular complexity index is 662. The molecule has 5 nitrogen and oxygen atoms in total. The molecule has 21 heavy (non-hydrogen) atoms. The lowest BCUT2D eigenvalue weighted by Gasteiger charge is -2.07. The summed E-state index contributed by atoms with van der Waals surface area (Å²) in [4.78, 5) is 27.2. The van der Waals surface area contributed by atoms with Gasteiger partial charge in [0, 0.05) is 16.4 Å². The quantitative estimate of drug-likeness (QED) is 0.663. The number of hydrogen-bond donors (Lipinski definition) is 1. The minimum Gasteiger partial charge on any atom is -0.452 e. The minimum absolute atomic E-state index is 0.0378. The second-order valence-electron chi connectivity index (χ2n) is 3.97. The van der Waals surface area contributed by atoms with Crippen LogP contribution < -0.4 is 5.32 Å². The van der Waals surface area contributed by atoms with Gasteiger partial charge in [0.2, 0.25) is 0 Å². The van der Waals surface area contributed by atoms with Crippen molar-refractivity contribution in [3.63, 3.8) is 0 Å². The Balaban J connectivity index is 1.88. The molecule has 0 bridgehead atoms. The molecule has 0 unspecified atom stereocenters. The number of benzene rings is 1. The summed E-state index contributed by atoms with van der Waals surface area (Å²) >= 11 is 9.06. The number of carbonyl (C=O) groups is 2. The SMILES string of the molecule is O=C(COC(=O)c1cccnc1Cl)Nc1ccc(Br)cc1. The van der Waals surface area contributed by atoms with Crippen LogP contribution in [0.15, 0.2) is 47.1 Å². The Kier molecular flexibility index (Phi) is 5.30. The van der Waals surface area contributed by atoms with Gasteiger partial charge in [-0.1, -0.05) is 27.5 Å². The Morgan fingerprint density at radius 2 is 1.95 bits per heavy atom. The average molecular weight is 370 g/mol. The van der Waals surface area contributed by atoms with E-state index in [4.69, 9.17) is 16.3 Å². The van der Waals surface area contributed by atoms with Crippen molar-refractivity contribution in [1.29, 1.82) is 0 Å². The average Bonchev–Trinajstić information content (AvgIpc) is 2.48. The van der Waals surface area contributed by atoms with E-state index in [0.717, 1.165) is 4.47 Å². The summed E-state index contributed by atoms with van der Waals surface area (Å²) in [6.45, 7) is -0.403. The number of hydrogen-bond acceptors (Lipinski definition) is 4. The van der Waals surface area contributed by atoms with Crippen LogP contribution >= 0.6 is 27.5 Å². The third-order valence-electron chi connectivity index (χ3n) is 2.44. The maximum atomic E-state index is 11.7. The summed E-state index contributed by atoms with van der Waals surface area (Å²) in [5.74, 6) is -1.13. The number of pyridine rings is 1. The molecule has 0 atom stereocenters. The lowest BCUT2D eigenvalue weighted by molar-refractivity contribution is -0.119. The fraction of sp³-hybridized carbons (Fsp3) is 0.0714. The Labute approximate surface area is 134 Å². The van der Waals surface area contributed by atoms with Crippen molar-refractivity contribution < 1.29 is 14.3 Å². The van der Waals surface area contributed by atoms with Gasteiger partial charge in [-0.15, -0.1) is 0 Å². The van der Waals surface area contributed by atoms with E-state index < -0.39 is 18.5 Å². The summed E-state index contributed by atoms with van der Waals surface area (Å²) in [5, 5.41) is 2.64. The highest BCUT2D eigenvalue weighted by molar-refractivity contribution is 9.10. The Morgan fingerprint density at radius 3 is 2.62 bits per heavy atom. The van der Waals surface area contributed by atoms with Crippen molar-refractivity contribution in [3.05, 3.63) is 57.8 Å². The molecule has 1 N–H and O–H groups in total. The number of amides is 1. The number of rotatable bonds is 4. The minimum atomic E-state index is -0.695. The van der Waals surface area contributed by atoms with Crippen molar-refractivity contribution in [2.24, 2.45) is 0 Å². The van der Waals surface area contributed by atoms with Gasteiger partial charge in [-0.2, -0.15) is 0 Å². The number of esters is 1. The Hall–Kier alpha value is -1.92. The summed E-state index contributed by atoms with van der Waals surface area (Å²) < 4.78 is 5.78. The topological polar surface area (TPSA) is 68.3 Å². The van der Waals surface area contributed by atoms with Crippen molar-refractivity contribution in [3.8, 4) is 0 Å². The van der Waals surface area contributed by atoms with Crippen LogP contribution in [0.5, 0.6) is 0 Å². The predicted octanol–water partition coefficient (Wildman–Crippen LogP) is 3.29. The van der Waals surface area contributed by atoms with E-state index in [1.165, 1.54) is 12.3 Å². The van der Waals surface area contributed by atoms with Gasteiger partial charge in [-0.05, 0) is 36.4 Å². The molecule has 1 amide bonds. The van der Waals surface area contributed by atoms with Gasteiger partial charge in [-0.3, -0.25) is 4.79 Å². The van der Waals surface area contributed by atoms with E-state index in [-0.39, 0.29) is 10.7 Å². The van der Waals surface area contributed by atoms with Crippen molar-refractivity contribution in [1.82, 2.24) is 4.98 Å². The standard InChI is InChI=1S/C14H10BrClN2O3/c15-9-3-5-10(6-4-9)18-12(19)8-21-14(20)11-2-1-7-17-13(11)16/h1-7H,8H2,(H,18,19). The first-order chi connectivity index (χ1) is 10.1. The monoisotopic (exact) mass is 368 g/mol. The summed E-state index contributed by atoms with van der Waals surface area (Å²) in [6, 6.07) is 10.1. The lowest BCUT2D eigenvalue weighted by Crippen LogP contribution is -2.21. The summed E-state index contributed by atoms with van der Waals surface area (Å²) in [5.41, 5.74) is 0.731. The first-order valence-electron chi connectivity index (χ1n) is 5.89. The second kappa shape index (κ2) is 7.19. The third kappa shape index (κ3) is 4.54. The van der Waals surface area contributed by atoms with E-state index in [9.17, 15) is 9.59 Å². The number of ether oxygens (including phenoxy) is 1. The molecule has 0 aliphatic heterocycles. The highest BCUT2D eigenvalue weighted by atomic mass is 79.9. The van der Waals surface area contributed by atoms with Gasteiger partial charge in [-0.25, -0.2) is 9.78 Å². The molecule has 0 saturated carbocycles. The summed E-state index contributed by atoms with van der Waals surface area (Å²) in [7, 11) is 0. The fourth-order valence-corrected chi connectivity index (χ4v) is 1.94. The lowest BCUT2D eigenvalue weighted by atomic mass is 10.3. The molecular weight excluding hydrogens is 360 g/mol. The van der Waals surface area contributed by atoms with E-state index in [1.807, 2.05) is 0 Å². The first kappa shape index (κ1) is 15.5. The molecule has 1 aromatic heterocycles. The van der Waals surface area contributed by atoms with Crippen molar-refractivity contribution >= 4 is 45.1 Å². The van der Waals surface area contributed by atoms with Gasteiger partial charge in [0.15, 0.2) is 6.61 Å². The molecule has 2 aromatic rings. The molecular formula is C14H10BrClN2O3. The molecule has 0 spiro atoms. The molecule has 0 saturated heterocycles. The second-order valence-corrected chi connectivity index (χ2v) is 5.25. The van der Waals surface area contributed by atoms with Gasteiger partial charge in [0.1, 0.15) is 5.15 Å². The molecule has 0 radical (unpaired) electrons.